The fourth-order valence-electron chi connectivity index (χ4n) is 2.43. The number of aromatic nitrogens is 2. The van der Waals surface area contributed by atoms with Crippen LogP contribution in [0.3, 0.4) is 0 Å². The lowest BCUT2D eigenvalue weighted by molar-refractivity contribution is 0.730. The first kappa shape index (κ1) is 14.7. The lowest BCUT2D eigenvalue weighted by Crippen LogP contribution is -2.02. The molecule has 0 saturated carbocycles. The first-order valence-electron chi connectivity index (χ1n) is 7.39. The second kappa shape index (κ2) is 6.67. The Morgan fingerprint density at radius 2 is 2.05 bits per heavy atom. The topological polar surface area (TPSA) is 41.6 Å². The maximum Gasteiger partial charge on any atom is 0.169 e. The molecule has 3 nitrogen and oxygen atoms in total. The van der Waals surface area contributed by atoms with Gasteiger partial charge in [0.2, 0.25) is 0 Å². The van der Waals surface area contributed by atoms with Crippen LogP contribution in [0.15, 0.2) is 53.7 Å². The molecule has 0 bridgehead atoms. The standard InChI is InChI=1S/C18H17N3S/c1-2-10-22-18-20-16-8-3-4-9-17(16)21(18)13-15-7-5-6-14(11-15)12-19/h3-9,11H,2,10,13H2,1H3. The van der Waals surface area contributed by atoms with Crippen LogP contribution >= 0.6 is 11.8 Å². The van der Waals surface area contributed by atoms with Crippen molar-refractivity contribution in [1.82, 2.24) is 9.55 Å². The summed E-state index contributed by atoms with van der Waals surface area (Å²) >= 11 is 1.79. The van der Waals surface area contributed by atoms with Gasteiger partial charge in [-0.15, -0.1) is 0 Å². The summed E-state index contributed by atoms with van der Waals surface area (Å²) in [5.41, 5.74) is 3.99. The molecule has 1 aromatic heterocycles. The van der Waals surface area contributed by atoms with Crippen molar-refractivity contribution in [2.24, 2.45) is 0 Å². The summed E-state index contributed by atoms with van der Waals surface area (Å²) in [5.74, 6) is 1.06. The minimum absolute atomic E-state index is 0.699. The van der Waals surface area contributed by atoms with E-state index in [1.54, 1.807) is 11.8 Å². The summed E-state index contributed by atoms with van der Waals surface area (Å²) in [7, 11) is 0. The Morgan fingerprint density at radius 3 is 2.86 bits per heavy atom. The van der Waals surface area contributed by atoms with E-state index < -0.39 is 0 Å². The number of fused-ring (bicyclic) bond motifs is 1. The van der Waals surface area contributed by atoms with Crippen molar-refractivity contribution in [3.63, 3.8) is 0 Å². The molecule has 0 aliphatic carbocycles. The molecular formula is C18H17N3S. The van der Waals surface area contributed by atoms with Crippen LogP contribution in [0.5, 0.6) is 0 Å². The van der Waals surface area contributed by atoms with E-state index in [2.05, 4.69) is 29.7 Å². The molecule has 2 aromatic carbocycles. The maximum atomic E-state index is 9.06. The van der Waals surface area contributed by atoms with Crippen molar-refractivity contribution in [1.29, 1.82) is 5.26 Å². The molecule has 3 aromatic rings. The van der Waals surface area contributed by atoms with Crippen LogP contribution in [0.4, 0.5) is 0 Å². The monoisotopic (exact) mass is 307 g/mol. The Morgan fingerprint density at radius 1 is 1.18 bits per heavy atom. The van der Waals surface area contributed by atoms with Gasteiger partial charge < -0.3 is 4.57 Å². The van der Waals surface area contributed by atoms with Gasteiger partial charge in [-0.2, -0.15) is 5.26 Å². The molecule has 0 N–H and O–H groups in total. The second-order valence-corrected chi connectivity index (χ2v) is 6.19. The van der Waals surface area contributed by atoms with E-state index in [4.69, 9.17) is 10.2 Å². The lowest BCUT2D eigenvalue weighted by Gasteiger charge is -2.09. The van der Waals surface area contributed by atoms with Gasteiger partial charge in [-0.1, -0.05) is 43.0 Å². The largest absolute Gasteiger partial charge is 0.314 e. The highest BCUT2D eigenvalue weighted by atomic mass is 32.2. The van der Waals surface area contributed by atoms with E-state index in [1.165, 1.54) is 0 Å². The number of imidazole rings is 1. The number of thioether (sulfide) groups is 1. The van der Waals surface area contributed by atoms with Crippen molar-refractivity contribution in [2.75, 3.05) is 5.75 Å². The summed E-state index contributed by atoms with van der Waals surface area (Å²) in [5, 5.41) is 10.1. The van der Waals surface area contributed by atoms with Crippen molar-refractivity contribution in [2.45, 2.75) is 25.0 Å². The number of nitriles is 1. The molecule has 3 rings (SSSR count). The molecule has 0 fully saturated rings. The van der Waals surface area contributed by atoms with Gasteiger partial charge in [0.1, 0.15) is 0 Å². The average molecular weight is 307 g/mol. The molecule has 0 saturated heterocycles. The van der Waals surface area contributed by atoms with E-state index >= 15 is 0 Å². The van der Waals surface area contributed by atoms with Gasteiger partial charge in [0.25, 0.3) is 0 Å². The van der Waals surface area contributed by atoms with Crippen LogP contribution in [0, 0.1) is 11.3 Å². The minimum Gasteiger partial charge on any atom is -0.314 e. The van der Waals surface area contributed by atoms with Crippen LogP contribution < -0.4 is 0 Å². The predicted molar refractivity (Wildman–Crippen MR) is 91.0 cm³/mol. The summed E-state index contributed by atoms with van der Waals surface area (Å²) in [6, 6.07) is 18.2. The summed E-state index contributed by atoms with van der Waals surface area (Å²) < 4.78 is 2.24. The van der Waals surface area contributed by atoms with E-state index in [1.807, 2.05) is 36.4 Å². The molecule has 0 radical (unpaired) electrons. The first-order valence-corrected chi connectivity index (χ1v) is 8.37. The van der Waals surface area contributed by atoms with E-state index in [0.717, 1.165) is 40.5 Å². The fraction of sp³-hybridized carbons (Fsp3) is 0.222. The second-order valence-electron chi connectivity index (χ2n) is 5.13. The van der Waals surface area contributed by atoms with Crippen LogP contribution in [-0.2, 0) is 6.54 Å². The number of benzene rings is 2. The molecule has 0 spiro atoms. The predicted octanol–water partition coefficient (Wildman–Crippen LogP) is 4.46. The van der Waals surface area contributed by atoms with Crippen molar-refractivity contribution < 1.29 is 0 Å². The average Bonchev–Trinajstić information content (AvgIpc) is 2.91. The van der Waals surface area contributed by atoms with Crippen LogP contribution in [0.1, 0.15) is 24.5 Å². The summed E-state index contributed by atoms with van der Waals surface area (Å²) in [6.45, 7) is 2.92. The zero-order valence-corrected chi connectivity index (χ0v) is 13.3. The summed E-state index contributed by atoms with van der Waals surface area (Å²) in [4.78, 5) is 4.75. The molecule has 4 heteroatoms. The van der Waals surface area contributed by atoms with E-state index in [-0.39, 0.29) is 0 Å². The highest BCUT2D eigenvalue weighted by Crippen LogP contribution is 2.25. The van der Waals surface area contributed by atoms with Crippen molar-refractivity contribution >= 4 is 22.8 Å². The van der Waals surface area contributed by atoms with E-state index in [0.29, 0.717) is 5.56 Å². The Labute approximate surface area is 134 Å². The Balaban J connectivity index is 2.02. The Bertz CT molecular complexity index is 830. The molecular weight excluding hydrogens is 290 g/mol. The molecule has 0 amide bonds. The fourth-order valence-corrected chi connectivity index (χ4v) is 3.30. The smallest absolute Gasteiger partial charge is 0.169 e. The molecule has 110 valence electrons. The molecule has 1 heterocycles. The van der Waals surface area contributed by atoms with Crippen molar-refractivity contribution in [3.8, 4) is 6.07 Å². The third-order valence-electron chi connectivity index (χ3n) is 3.45. The van der Waals surface area contributed by atoms with Crippen molar-refractivity contribution in [3.05, 3.63) is 59.7 Å². The molecule has 0 unspecified atom stereocenters. The lowest BCUT2D eigenvalue weighted by atomic mass is 10.1. The number of para-hydroxylation sites is 2. The quantitative estimate of drug-likeness (QED) is 0.654. The molecule has 22 heavy (non-hydrogen) atoms. The molecule has 0 aliphatic rings. The van der Waals surface area contributed by atoms with Gasteiger partial charge in [0.15, 0.2) is 5.16 Å². The SMILES string of the molecule is CCCSc1nc2ccccc2n1Cc1cccc(C#N)c1. The van der Waals surface area contributed by atoms with Crippen LogP contribution in [-0.4, -0.2) is 15.3 Å². The van der Waals surface area contributed by atoms with Gasteiger partial charge in [-0.25, -0.2) is 4.98 Å². The maximum absolute atomic E-state index is 9.06. The van der Waals surface area contributed by atoms with Gasteiger partial charge in [-0.3, -0.25) is 0 Å². The number of nitrogens with zero attached hydrogens (tertiary/aromatic N) is 3. The highest BCUT2D eigenvalue weighted by Gasteiger charge is 2.11. The van der Waals surface area contributed by atoms with Crippen LogP contribution in [0.25, 0.3) is 11.0 Å². The third-order valence-corrected chi connectivity index (χ3v) is 4.63. The van der Waals surface area contributed by atoms with Gasteiger partial charge in [0, 0.05) is 5.75 Å². The Hall–Kier alpha value is -2.25. The van der Waals surface area contributed by atoms with Gasteiger partial charge in [0.05, 0.1) is 29.2 Å². The number of hydrogen-bond acceptors (Lipinski definition) is 3. The van der Waals surface area contributed by atoms with Crippen LogP contribution in [0.2, 0.25) is 0 Å². The number of rotatable bonds is 5. The molecule has 0 atom stereocenters. The Kier molecular flexibility index (Phi) is 4.45. The third kappa shape index (κ3) is 3.00. The van der Waals surface area contributed by atoms with Gasteiger partial charge in [-0.05, 0) is 36.2 Å². The molecule has 0 aliphatic heterocycles. The minimum atomic E-state index is 0.699. The summed E-state index contributed by atoms with van der Waals surface area (Å²) in [6.07, 6.45) is 1.12. The number of hydrogen-bond donors (Lipinski definition) is 0. The first-order chi connectivity index (χ1) is 10.8. The highest BCUT2D eigenvalue weighted by molar-refractivity contribution is 7.99. The zero-order valence-electron chi connectivity index (χ0n) is 12.5. The van der Waals surface area contributed by atoms with Gasteiger partial charge >= 0.3 is 0 Å². The normalized spacial score (nSPS) is 10.7. The zero-order chi connectivity index (χ0) is 15.4. The van der Waals surface area contributed by atoms with E-state index in [9.17, 15) is 0 Å².